The summed E-state index contributed by atoms with van der Waals surface area (Å²) in [5.41, 5.74) is 13.1. The Morgan fingerprint density at radius 2 is 1.97 bits per heavy atom. The van der Waals surface area contributed by atoms with Gasteiger partial charge in [-0.05, 0) is 65.0 Å². The molecule has 5 N–H and O–H groups in total. The minimum Gasteiger partial charge on any atom is -0.383 e. The number of carbonyl (C=O) groups is 3. The molecule has 11 nitrogen and oxygen atoms in total. The summed E-state index contributed by atoms with van der Waals surface area (Å²) in [6.07, 6.45) is 2.83. The van der Waals surface area contributed by atoms with Crippen molar-refractivity contribution in [2.75, 3.05) is 11.1 Å². The predicted octanol–water partition coefficient (Wildman–Crippen LogP) is 2.05. The van der Waals surface area contributed by atoms with Crippen molar-refractivity contribution in [1.82, 2.24) is 24.4 Å². The topological polar surface area (TPSA) is 162 Å². The number of benzene rings is 1. The maximum absolute atomic E-state index is 13.7. The monoisotopic (exact) mass is 548 g/mol. The highest BCUT2D eigenvalue weighted by molar-refractivity contribution is 9.10. The lowest BCUT2D eigenvalue weighted by atomic mass is 10.1. The number of nitrogens with one attached hydrogen (secondary N) is 1. The van der Waals surface area contributed by atoms with E-state index in [1.54, 1.807) is 45.9 Å². The van der Waals surface area contributed by atoms with E-state index in [0.29, 0.717) is 50.3 Å². The molecule has 0 radical (unpaired) electrons. The van der Waals surface area contributed by atoms with Gasteiger partial charge in [0, 0.05) is 17.0 Å². The van der Waals surface area contributed by atoms with Crippen molar-refractivity contribution in [3.8, 4) is 0 Å². The molecule has 3 aromatic heterocycles. The average molecular weight is 549 g/mol. The Hall–Kier alpha value is -4.06. The number of carbonyl (C=O) groups excluding carboxylic acids is 3. The fourth-order valence-corrected chi connectivity index (χ4v) is 5.55. The smallest absolute Gasteiger partial charge is 0.248 e. The third kappa shape index (κ3) is 3.65. The summed E-state index contributed by atoms with van der Waals surface area (Å²) < 4.78 is 2.35. The quantitative estimate of drug-likeness (QED) is 0.321. The normalized spacial score (nSPS) is 20.5. The molecule has 182 valence electrons. The van der Waals surface area contributed by atoms with Crippen LogP contribution in [0.15, 0.2) is 47.3 Å². The number of piperidine rings is 1. The van der Waals surface area contributed by atoms with E-state index in [0.717, 1.165) is 6.42 Å². The number of aromatic nitrogens is 4. The van der Waals surface area contributed by atoms with Crippen LogP contribution in [0, 0.1) is 5.92 Å². The molecule has 3 atom stereocenters. The van der Waals surface area contributed by atoms with E-state index >= 15 is 0 Å². The van der Waals surface area contributed by atoms with E-state index in [9.17, 15) is 14.4 Å². The Bertz CT molecular complexity index is 1580. The second kappa shape index (κ2) is 8.26. The molecule has 1 aliphatic carbocycles. The van der Waals surface area contributed by atoms with E-state index in [1.807, 2.05) is 0 Å². The molecule has 6 rings (SSSR count). The number of nitrogens with two attached hydrogens (primary N) is 2. The number of halogens is 1. The number of anilines is 2. The van der Waals surface area contributed by atoms with Crippen molar-refractivity contribution in [3.63, 3.8) is 0 Å². The van der Waals surface area contributed by atoms with Gasteiger partial charge in [-0.3, -0.25) is 14.4 Å². The maximum Gasteiger partial charge on any atom is 0.248 e. The van der Waals surface area contributed by atoms with E-state index in [-0.39, 0.29) is 30.2 Å². The maximum atomic E-state index is 13.7. The van der Waals surface area contributed by atoms with E-state index in [4.69, 9.17) is 11.5 Å². The van der Waals surface area contributed by atoms with Gasteiger partial charge < -0.3 is 26.3 Å². The van der Waals surface area contributed by atoms with Crippen LogP contribution in [0.2, 0.25) is 0 Å². The first-order chi connectivity index (χ1) is 17.3. The molecule has 3 amide bonds. The molecule has 12 heteroatoms. The highest BCUT2D eigenvalue weighted by atomic mass is 79.9. The van der Waals surface area contributed by atoms with Gasteiger partial charge in [0.15, 0.2) is 0 Å². The standard InChI is InChI=1S/C24H21BrN8O3/c25-17-2-1-3-18(30-17)31-24(36)16-8-12-7-15(12)33(16)19(34)9-32-14-5-4-11(22(27)35)6-13(14)20-21(26)28-10-29-23(20)32/h1-6,10,12,15-16H,7-9H2,(H2,27,35)(H2,26,28,29)(H,30,31,36)/t12?,15-,16+/m1/s1. The van der Waals surface area contributed by atoms with E-state index < -0.39 is 11.9 Å². The summed E-state index contributed by atoms with van der Waals surface area (Å²) in [6, 6.07) is 9.65. The zero-order chi connectivity index (χ0) is 25.1. The molecule has 2 fully saturated rings. The molecular weight excluding hydrogens is 528 g/mol. The van der Waals surface area contributed by atoms with Crippen LogP contribution in [0.1, 0.15) is 23.2 Å². The lowest BCUT2D eigenvalue weighted by molar-refractivity contribution is -0.138. The van der Waals surface area contributed by atoms with Crippen molar-refractivity contribution in [1.29, 1.82) is 0 Å². The molecule has 1 saturated carbocycles. The Morgan fingerprint density at radius 1 is 1.14 bits per heavy atom. The van der Waals surface area contributed by atoms with Gasteiger partial charge in [0.25, 0.3) is 0 Å². The molecule has 1 aromatic carbocycles. The number of pyridine rings is 1. The van der Waals surface area contributed by atoms with Gasteiger partial charge in [0.05, 0.1) is 10.9 Å². The molecule has 1 unspecified atom stereocenters. The zero-order valence-corrected chi connectivity index (χ0v) is 20.5. The van der Waals surface area contributed by atoms with Crippen LogP contribution in [0.25, 0.3) is 21.9 Å². The number of amides is 3. The molecule has 36 heavy (non-hydrogen) atoms. The zero-order valence-electron chi connectivity index (χ0n) is 18.9. The summed E-state index contributed by atoms with van der Waals surface area (Å²) in [4.78, 5) is 53.0. The van der Waals surface area contributed by atoms with Crippen LogP contribution in [0.3, 0.4) is 0 Å². The fourth-order valence-electron chi connectivity index (χ4n) is 5.21. The minimum absolute atomic E-state index is 0.0398. The number of rotatable bonds is 5. The minimum atomic E-state index is -0.587. The highest BCUT2D eigenvalue weighted by Gasteiger charge is 2.56. The van der Waals surface area contributed by atoms with Crippen molar-refractivity contribution >= 4 is 67.2 Å². The number of hydrogen-bond donors (Lipinski definition) is 3. The number of hydrogen-bond acceptors (Lipinski definition) is 7. The number of nitrogens with zero attached hydrogens (tertiary/aromatic N) is 5. The fraction of sp³-hybridized carbons (Fsp3) is 0.250. The summed E-state index contributed by atoms with van der Waals surface area (Å²) in [5, 5.41) is 4.01. The highest BCUT2D eigenvalue weighted by Crippen LogP contribution is 2.48. The van der Waals surface area contributed by atoms with Gasteiger partial charge >= 0.3 is 0 Å². The molecule has 4 aromatic rings. The second-order valence-electron chi connectivity index (χ2n) is 9.09. The first kappa shape index (κ1) is 22.4. The van der Waals surface area contributed by atoms with E-state index in [2.05, 4.69) is 36.2 Å². The Morgan fingerprint density at radius 3 is 2.75 bits per heavy atom. The molecule has 4 heterocycles. The lowest BCUT2D eigenvalue weighted by Crippen LogP contribution is -2.46. The number of primary amides is 1. The van der Waals surface area contributed by atoms with Crippen LogP contribution in [-0.2, 0) is 16.1 Å². The molecule has 2 aliphatic rings. The second-order valence-corrected chi connectivity index (χ2v) is 9.90. The molecular formula is C24H21BrN8O3. The largest absolute Gasteiger partial charge is 0.383 e. The summed E-state index contributed by atoms with van der Waals surface area (Å²) >= 11 is 3.30. The van der Waals surface area contributed by atoms with Gasteiger partial charge in [-0.1, -0.05) is 6.07 Å². The number of fused-ring (bicyclic) bond motifs is 4. The number of nitrogen functional groups attached to an aromatic ring is 1. The SMILES string of the molecule is NC(=O)c1ccc2c(c1)c1c(N)ncnc1n2CC(=O)N1[C@@H]2CC2C[C@H]1C(=O)Nc1cccc(Br)n1. The summed E-state index contributed by atoms with van der Waals surface area (Å²) in [6.45, 7) is -0.0471. The summed E-state index contributed by atoms with van der Waals surface area (Å²) in [5.74, 6) is -0.0649. The first-order valence-corrected chi connectivity index (χ1v) is 12.2. The van der Waals surface area contributed by atoms with Gasteiger partial charge in [0.1, 0.15) is 40.8 Å². The predicted molar refractivity (Wildman–Crippen MR) is 136 cm³/mol. The van der Waals surface area contributed by atoms with Gasteiger partial charge in [-0.25, -0.2) is 15.0 Å². The van der Waals surface area contributed by atoms with E-state index in [1.165, 1.54) is 6.33 Å². The Balaban J connectivity index is 1.34. The van der Waals surface area contributed by atoms with Crippen LogP contribution in [0.4, 0.5) is 11.6 Å². The van der Waals surface area contributed by atoms with Crippen molar-refractivity contribution in [2.45, 2.75) is 31.5 Å². The first-order valence-electron chi connectivity index (χ1n) is 11.4. The Kier molecular flexibility index (Phi) is 5.14. The lowest BCUT2D eigenvalue weighted by Gasteiger charge is -2.27. The number of likely N-dealkylation sites (tertiary alicyclic amines) is 1. The van der Waals surface area contributed by atoms with Crippen LogP contribution < -0.4 is 16.8 Å². The Labute approximate surface area is 213 Å². The van der Waals surface area contributed by atoms with Crippen LogP contribution in [-0.4, -0.2) is 54.2 Å². The molecule has 1 aliphatic heterocycles. The average Bonchev–Trinajstić information content (AvgIpc) is 3.39. The van der Waals surface area contributed by atoms with Gasteiger partial charge in [0.2, 0.25) is 17.7 Å². The molecule has 1 saturated heterocycles. The van der Waals surface area contributed by atoms with Crippen molar-refractivity contribution in [2.24, 2.45) is 11.7 Å². The van der Waals surface area contributed by atoms with Gasteiger partial charge in [-0.2, -0.15) is 0 Å². The summed E-state index contributed by atoms with van der Waals surface area (Å²) in [7, 11) is 0. The third-order valence-corrected chi connectivity index (χ3v) is 7.35. The van der Waals surface area contributed by atoms with Crippen LogP contribution >= 0.6 is 15.9 Å². The van der Waals surface area contributed by atoms with Crippen LogP contribution in [0.5, 0.6) is 0 Å². The molecule has 0 bridgehead atoms. The van der Waals surface area contributed by atoms with Gasteiger partial charge in [-0.15, -0.1) is 0 Å². The molecule has 0 spiro atoms. The third-order valence-electron chi connectivity index (χ3n) is 6.91. The van der Waals surface area contributed by atoms with Crippen molar-refractivity contribution in [3.05, 3.63) is 52.9 Å². The van der Waals surface area contributed by atoms with Crippen molar-refractivity contribution < 1.29 is 14.4 Å².